The van der Waals surface area contributed by atoms with Gasteiger partial charge in [-0.25, -0.2) is 0 Å². The number of hydrogen-bond donors (Lipinski definition) is 2. The van der Waals surface area contributed by atoms with E-state index in [0.717, 1.165) is 32.4 Å². The van der Waals surface area contributed by atoms with Crippen molar-refractivity contribution in [1.82, 2.24) is 9.88 Å². The first-order valence-electron chi connectivity index (χ1n) is 6.32. The lowest BCUT2D eigenvalue weighted by molar-refractivity contribution is -0.136. The number of rotatable bonds is 3. The van der Waals surface area contributed by atoms with Crippen LogP contribution in [0.1, 0.15) is 30.9 Å². The summed E-state index contributed by atoms with van der Waals surface area (Å²) in [4.78, 5) is 17.8. The molecule has 0 bridgehead atoms. The predicted molar refractivity (Wildman–Crippen MR) is 67.6 cm³/mol. The molecule has 5 nitrogen and oxygen atoms in total. The van der Waals surface area contributed by atoms with Gasteiger partial charge in [-0.3, -0.25) is 9.78 Å². The number of carbonyl (C=O) groups excluding carboxylic acids is 1. The number of pyridine rings is 1. The van der Waals surface area contributed by atoms with E-state index in [9.17, 15) is 9.90 Å². The van der Waals surface area contributed by atoms with E-state index in [1.54, 1.807) is 29.4 Å². The van der Waals surface area contributed by atoms with Crippen LogP contribution in [0.3, 0.4) is 0 Å². The van der Waals surface area contributed by atoms with Gasteiger partial charge < -0.3 is 15.7 Å². The molecular formula is C13H19N3O2. The van der Waals surface area contributed by atoms with Gasteiger partial charge in [-0.05, 0) is 37.0 Å². The van der Waals surface area contributed by atoms with E-state index < -0.39 is 12.1 Å². The summed E-state index contributed by atoms with van der Waals surface area (Å²) in [5.74, 6) is -0.168. The highest BCUT2D eigenvalue weighted by Crippen LogP contribution is 2.18. The Kier molecular flexibility index (Phi) is 4.28. The van der Waals surface area contributed by atoms with Gasteiger partial charge in [0.05, 0.1) is 0 Å². The van der Waals surface area contributed by atoms with Gasteiger partial charge in [0.2, 0.25) is 5.91 Å². The lowest BCUT2D eigenvalue weighted by atomic mass is 10.0. The zero-order chi connectivity index (χ0) is 13.0. The van der Waals surface area contributed by atoms with Crippen LogP contribution in [0.25, 0.3) is 0 Å². The van der Waals surface area contributed by atoms with Crippen LogP contribution in [0.2, 0.25) is 0 Å². The molecule has 0 spiro atoms. The molecule has 0 aromatic carbocycles. The molecule has 1 aliphatic heterocycles. The number of amides is 1. The van der Waals surface area contributed by atoms with Crippen LogP contribution >= 0.6 is 0 Å². The molecular weight excluding hydrogens is 230 g/mol. The van der Waals surface area contributed by atoms with Crippen LogP contribution < -0.4 is 5.73 Å². The SMILES string of the molecule is N[C@H](C(=O)N1CCCCC1)[C@H](O)c1ccncc1. The van der Waals surface area contributed by atoms with Crippen molar-refractivity contribution in [3.05, 3.63) is 30.1 Å². The molecule has 1 saturated heterocycles. The third-order valence-electron chi connectivity index (χ3n) is 3.34. The fourth-order valence-corrected chi connectivity index (χ4v) is 2.23. The smallest absolute Gasteiger partial charge is 0.242 e. The average Bonchev–Trinajstić information content (AvgIpc) is 2.47. The summed E-state index contributed by atoms with van der Waals surface area (Å²) in [6.45, 7) is 1.49. The maximum absolute atomic E-state index is 12.1. The summed E-state index contributed by atoms with van der Waals surface area (Å²) in [5.41, 5.74) is 6.49. The number of aliphatic hydroxyl groups excluding tert-OH is 1. The zero-order valence-corrected chi connectivity index (χ0v) is 10.3. The van der Waals surface area contributed by atoms with E-state index in [0.29, 0.717) is 5.56 Å². The Bertz CT molecular complexity index is 390. The lowest BCUT2D eigenvalue weighted by Crippen LogP contribution is -2.48. The standard InChI is InChI=1S/C13H19N3O2/c14-11(12(17)10-4-6-15-7-5-10)13(18)16-8-2-1-3-9-16/h4-7,11-12,17H,1-3,8-9,14H2/t11-,12+/m0/s1. The number of carbonyl (C=O) groups is 1. The third-order valence-corrected chi connectivity index (χ3v) is 3.34. The quantitative estimate of drug-likeness (QED) is 0.815. The third kappa shape index (κ3) is 2.86. The van der Waals surface area contributed by atoms with Crippen molar-refractivity contribution < 1.29 is 9.90 Å². The Morgan fingerprint density at radius 1 is 1.28 bits per heavy atom. The first kappa shape index (κ1) is 13.0. The van der Waals surface area contributed by atoms with Crippen molar-refractivity contribution in [2.45, 2.75) is 31.4 Å². The monoisotopic (exact) mass is 249 g/mol. The summed E-state index contributed by atoms with van der Waals surface area (Å²) in [7, 11) is 0. The van der Waals surface area contributed by atoms with E-state index in [1.165, 1.54) is 0 Å². The second kappa shape index (κ2) is 5.93. The summed E-state index contributed by atoms with van der Waals surface area (Å²) in [6, 6.07) is 2.45. The molecule has 1 aromatic heterocycles. The van der Waals surface area contributed by atoms with E-state index in [4.69, 9.17) is 5.73 Å². The molecule has 1 aromatic rings. The van der Waals surface area contributed by atoms with Crippen molar-refractivity contribution in [3.8, 4) is 0 Å². The molecule has 98 valence electrons. The van der Waals surface area contributed by atoms with Gasteiger partial charge in [-0.1, -0.05) is 0 Å². The number of likely N-dealkylation sites (tertiary alicyclic amines) is 1. The number of nitrogens with two attached hydrogens (primary N) is 1. The van der Waals surface area contributed by atoms with Crippen molar-refractivity contribution in [2.75, 3.05) is 13.1 Å². The molecule has 2 heterocycles. The Morgan fingerprint density at radius 2 is 1.89 bits per heavy atom. The summed E-state index contributed by atoms with van der Waals surface area (Å²) < 4.78 is 0. The van der Waals surface area contributed by atoms with Crippen LogP contribution in [0.5, 0.6) is 0 Å². The second-order valence-electron chi connectivity index (χ2n) is 4.64. The maximum atomic E-state index is 12.1. The average molecular weight is 249 g/mol. The minimum atomic E-state index is -0.970. The van der Waals surface area contributed by atoms with Gasteiger partial charge in [-0.15, -0.1) is 0 Å². The minimum absolute atomic E-state index is 0.168. The van der Waals surface area contributed by atoms with Gasteiger partial charge in [0, 0.05) is 25.5 Å². The normalized spacial score (nSPS) is 19.3. The second-order valence-corrected chi connectivity index (χ2v) is 4.64. The molecule has 2 rings (SSSR count). The topological polar surface area (TPSA) is 79.5 Å². The highest BCUT2D eigenvalue weighted by molar-refractivity contribution is 5.82. The van der Waals surface area contributed by atoms with Crippen molar-refractivity contribution in [1.29, 1.82) is 0 Å². The molecule has 0 saturated carbocycles. The molecule has 3 N–H and O–H groups in total. The number of aromatic nitrogens is 1. The maximum Gasteiger partial charge on any atom is 0.242 e. The van der Waals surface area contributed by atoms with E-state index in [-0.39, 0.29) is 5.91 Å². The summed E-state index contributed by atoms with van der Waals surface area (Å²) in [6.07, 6.45) is 5.38. The van der Waals surface area contributed by atoms with E-state index >= 15 is 0 Å². The first-order valence-corrected chi connectivity index (χ1v) is 6.32. The number of nitrogens with zero attached hydrogens (tertiary/aromatic N) is 2. The number of hydrogen-bond acceptors (Lipinski definition) is 4. The predicted octanol–water partition coefficient (Wildman–Crippen LogP) is 0.455. The van der Waals surface area contributed by atoms with Crippen LogP contribution in [0.15, 0.2) is 24.5 Å². The van der Waals surface area contributed by atoms with E-state index in [2.05, 4.69) is 4.98 Å². The Hall–Kier alpha value is -1.46. The number of piperidine rings is 1. The minimum Gasteiger partial charge on any atom is -0.386 e. The summed E-state index contributed by atoms with van der Waals surface area (Å²) in [5, 5.41) is 10.1. The van der Waals surface area contributed by atoms with Crippen LogP contribution in [-0.4, -0.2) is 40.0 Å². The molecule has 1 aliphatic rings. The molecule has 1 fully saturated rings. The highest BCUT2D eigenvalue weighted by atomic mass is 16.3. The fraction of sp³-hybridized carbons (Fsp3) is 0.538. The molecule has 18 heavy (non-hydrogen) atoms. The Balaban J connectivity index is 2.01. The molecule has 2 atom stereocenters. The van der Waals surface area contributed by atoms with Gasteiger partial charge >= 0.3 is 0 Å². The largest absolute Gasteiger partial charge is 0.386 e. The van der Waals surface area contributed by atoms with Crippen LogP contribution in [0, 0.1) is 0 Å². The van der Waals surface area contributed by atoms with Gasteiger partial charge in [0.15, 0.2) is 0 Å². The van der Waals surface area contributed by atoms with Crippen molar-refractivity contribution in [2.24, 2.45) is 5.73 Å². The van der Waals surface area contributed by atoms with Crippen LogP contribution in [0.4, 0.5) is 0 Å². The van der Waals surface area contributed by atoms with Crippen LogP contribution in [-0.2, 0) is 4.79 Å². The molecule has 5 heteroatoms. The highest BCUT2D eigenvalue weighted by Gasteiger charge is 2.28. The Labute approximate surface area is 107 Å². The molecule has 0 unspecified atom stereocenters. The lowest BCUT2D eigenvalue weighted by Gasteiger charge is -2.30. The van der Waals surface area contributed by atoms with E-state index in [1.807, 2.05) is 0 Å². The van der Waals surface area contributed by atoms with Gasteiger partial charge in [-0.2, -0.15) is 0 Å². The van der Waals surface area contributed by atoms with Gasteiger partial charge in [0.1, 0.15) is 12.1 Å². The molecule has 0 aliphatic carbocycles. The van der Waals surface area contributed by atoms with Gasteiger partial charge in [0.25, 0.3) is 0 Å². The number of aliphatic hydroxyl groups is 1. The fourth-order valence-electron chi connectivity index (χ4n) is 2.23. The zero-order valence-electron chi connectivity index (χ0n) is 10.3. The first-order chi connectivity index (χ1) is 8.70. The molecule has 1 amide bonds. The van der Waals surface area contributed by atoms with Crippen molar-refractivity contribution in [3.63, 3.8) is 0 Å². The molecule has 0 radical (unpaired) electrons. The Morgan fingerprint density at radius 3 is 2.50 bits per heavy atom. The summed E-state index contributed by atoms with van der Waals surface area (Å²) >= 11 is 0. The van der Waals surface area contributed by atoms with Crippen molar-refractivity contribution >= 4 is 5.91 Å².